The Kier molecular flexibility index (Phi) is 7.93. The number of nitrogens with zero attached hydrogens (tertiary/aromatic N) is 1. The maximum atomic E-state index is 11.7. The minimum absolute atomic E-state index is 0.0115. The Morgan fingerprint density at radius 2 is 1.76 bits per heavy atom. The van der Waals surface area contributed by atoms with E-state index in [9.17, 15) is 14.4 Å². The van der Waals surface area contributed by atoms with Crippen LogP contribution in [0.1, 0.15) is 26.3 Å². The number of carbonyl (C=O) groups excluding carboxylic acids is 3. The van der Waals surface area contributed by atoms with Crippen molar-refractivity contribution < 1.29 is 23.9 Å². The number of amidine groups is 1. The number of aliphatic imine (C=N–C) groups is 1. The number of amides is 4. The van der Waals surface area contributed by atoms with Crippen molar-refractivity contribution in [2.45, 2.75) is 33.0 Å². The summed E-state index contributed by atoms with van der Waals surface area (Å²) in [6, 6.07) is 8.15. The van der Waals surface area contributed by atoms with E-state index in [1.54, 1.807) is 51.3 Å². The fraction of sp³-hybridized carbons (Fsp3) is 0.375. The van der Waals surface area contributed by atoms with Crippen molar-refractivity contribution in [1.82, 2.24) is 10.6 Å². The maximum absolute atomic E-state index is 11.7. The van der Waals surface area contributed by atoms with E-state index in [0.29, 0.717) is 0 Å². The highest BCUT2D eigenvalue weighted by atomic mass is 32.2. The van der Waals surface area contributed by atoms with Gasteiger partial charge in [-0.05, 0) is 32.6 Å². The largest absolute Gasteiger partial charge is 0.444 e. The molecule has 1 rings (SSSR count). The Hall–Kier alpha value is -2.55. The lowest BCUT2D eigenvalue weighted by molar-refractivity contribution is 0.0604. The Morgan fingerprint density at radius 1 is 1.12 bits per heavy atom. The van der Waals surface area contributed by atoms with Crippen molar-refractivity contribution >= 4 is 35.1 Å². The van der Waals surface area contributed by atoms with Crippen LogP contribution in [-0.2, 0) is 16.1 Å². The molecule has 8 nitrogen and oxygen atoms in total. The van der Waals surface area contributed by atoms with Gasteiger partial charge in [0.25, 0.3) is 0 Å². The molecule has 1 aromatic carbocycles. The number of rotatable bonds is 2. The van der Waals surface area contributed by atoms with Crippen LogP contribution in [-0.4, -0.2) is 35.2 Å². The highest BCUT2D eigenvalue weighted by molar-refractivity contribution is 8.13. The van der Waals surface area contributed by atoms with E-state index < -0.39 is 23.8 Å². The van der Waals surface area contributed by atoms with Crippen molar-refractivity contribution in [3.05, 3.63) is 35.9 Å². The summed E-state index contributed by atoms with van der Waals surface area (Å²) in [5.74, 6) is 0. The van der Waals surface area contributed by atoms with Crippen LogP contribution in [0.2, 0.25) is 0 Å². The molecule has 0 spiro atoms. The monoisotopic (exact) mass is 367 g/mol. The van der Waals surface area contributed by atoms with Crippen molar-refractivity contribution in [1.29, 1.82) is 0 Å². The van der Waals surface area contributed by atoms with Gasteiger partial charge in [0.2, 0.25) is 0 Å². The number of nitrogens with one attached hydrogen (secondary N) is 2. The molecule has 0 saturated carbocycles. The Bertz CT molecular complexity index is 641. The molecule has 136 valence electrons. The van der Waals surface area contributed by atoms with Gasteiger partial charge in [-0.25, -0.2) is 19.7 Å². The first-order chi connectivity index (χ1) is 11.7. The summed E-state index contributed by atoms with van der Waals surface area (Å²) in [5.41, 5.74) is 0.0856. The summed E-state index contributed by atoms with van der Waals surface area (Å²) in [6.07, 6.45) is -0.153. The second-order valence-electron chi connectivity index (χ2n) is 5.74. The minimum atomic E-state index is -0.918. The normalized spacial score (nSPS) is 11.4. The van der Waals surface area contributed by atoms with Crippen LogP contribution in [0.5, 0.6) is 0 Å². The van der Waals surface area contributed by atoms with E-state index in [1.807, 2.05) is 11.4 Å². The second kappa shape index (κ2) is 9.67. The SMILES string of the molecule is CS/C(=N/C(=O)OC(C)(C)C)NC(=O)NC(=O)OCc1ccccc1. The quantitative estimate of drug-likeness (QED) is 0.614. The van der Waals surface area contributed by atoms with E-state index in [1.165, 1.54) is 0 Å². The highest BCUT2D eigenvalue weighted by Gasteiger charge is 2.17. The topological polar surface area (TPSA) is 106 Å². The molecule has 0 saturated heterocycles. The van der Waals surface area contributed by atoms with Gasteiger partial charge in [0.1, 0.15) is 12.2 Å². The molecule has 4 amide bonds. The van der Waals surface area contributed by atoms with Gasteiger partial charge in [0, 0.05) is 0 Å². The van der Waals surface area contributed by atoms with Crippen LogP contribution in [0.3, 0.4) is 0 Å². The van der Waals surface area contributed by atoms with Crippen LogP contribution in [0.15, 0.2) is 35.3 Å². The molecule has 0 fully saturated rings. The first-order valence-corrected chi connectivity index (χ1v) is 8.56. The number of hydrogen-bond donors (Lipinski definition) is 2. The van der Waals surface area contributed by atoms with E-state index in [4.69, 9.17) is 9.47 Å². The molecule has 0 bridgehead atoms. The van der Waals surface area contributed by atoms with Gasteiger partial charge in [0.05, 0.1) is 0 Å². The van der Waals surface area contributed by atoms with Crippen molar-refractivity contribution in [2.24, 2.45) is 4.99 Å². The summed E-state index contributed by atoms with van der Waals surface area (Å²) in [4.78, 5) is 38.5. The van der Waals surface area contributed by atoms with Crippen molar-refractivity contribution in [2.75, 3.05) is 6.26 Å². The van der Waals surface area contributed by atoms with Gasteiger partial charge >= 0.3 is 18.2 Å². The predicted molar refractivity (Wildman–Crippen MR) is 95.5 cm³/mol. The number of carbonyl (C=O) groups is 3. The van der Waals surface area contributed by atoms with Crippen LogP contribution in [0, 0.1) is 0 Å². The molecule has 0 aliphatic carbocycles. The third-order valence-electron chi connectivity index (χ3n) is 2.43. The maximum Gasteiger partial charge on any atom is 0.436 e. The summed E-state index contributed by atoms with van der Waals surface area (Å²) in [7, 11) is 0. The fourth-order valence-electron chi connectivity index (χ4n) is 1.47. The Balaban J connectivity index is 2.47. The number of hydrogen-bond acceptors (Lipinski definition) is 6. The lowest BCUT2D eigenvalue weighted by atomic mass is 10.2. The molecule has 0 unspecified atom stereocenters. The summed E-state index contributed by atoms with van der Waals surface area (Å²) in [5, 5.41) is 4.24. The molecule has 0 heterocycles. The van der Waals surface area contributed by atoms with Gasteiger partial charge in [-0.3, -0.25) is 5.32 Å². The standard InChI is InChI=1S/C16H21N3O5S/c1-16(2,3)24-15(22)19-13(25-4)17-12(20)18-14(21)23-10-11-8-6-5-7-9-11/h5-9H,10H2,1-4H3,(H2,17,18,19,20,21,22). The average Bonchev–Trinajstić information content (AvgIpc) is 2.51. The van der Waals surface area contributed by atoms with Crippen LogP contribution >= 0.6 is 11.8 Å². The van der Waals surface area contributed by atoms with E-state index in [-0.39, 0.29) is 11.8 Å². The third kappa shape index (κ3) is 9.36. The van der Waals surface area contributed by atoms with E-state index >= 15 is 0 Å². The number of imide groups is 1. The smallest absolute Gasteiger partial charge is 0.436 e. The molecule has 9 heteroatoms. The molecule has 0 aliphatic rings. The molecule has 2 N–H and O–H groups in total. The number of thioether (sulfide) groups is 1. The number of alkyl carbamates (subject to hydrolysis) is 1. The molecular weight excluding hydrogens is 346 g/mol. The molecule has 0 radical (unpaired) electrons. The summed E-state index contributed by atoms with van der Waals surface area (Å²) < 4.78 is 9.93. The summed E-state index contributed by atoms with van der Waals surface area (Å²) in [6.45, 7) is 5.12. The van der Waals surface area contributed by atoms with Gasteiger partial charge in [-0.2, -0.15) is 4.99 Å². The van der Waals surface area contributed by atoms with E-state index in [0.717, 1.165) is 17.3 Å². The first-order valence-electron chi connectivity index (χ1n) is 7.34. The highest BCUT2D eigenvalue weighted by Crippen LogP contribution is 2.09. The van der Waals surface area contributed by atoms with Crippen LogP contribution in [0.4, 0.5) is 14.4 Å². The zero-order valence-corrected chi connectivity index (χ0v) is 15.3. The summed E-state index contributed by atoms with van der Waals surface area (Å²) >= 11 is 1.01. The Morgan fingerprint density at radius 3 is 2.32 bits per heavy atom. The molecule has 0 aromatic heterocycles. The molecule has 25 heavy (non-hydrogen) atoms. The minimum Gasteiger partial charge on any atom is -0.444 e. The molecular formula is C16H21N3O5S. The lowest BCUT2D eigenvalue weighted by Crippen LogP contribution is -2.42. The predicted octanol–water partition coefficient (Wildman–Crippen LogP) is 3.28. The molecule has 1 aromatic rings. The zero-order chi connectivity index (χ0) is 18.9. The number of ether oxygens (including phenoxy) is 2. The second-order valence-corrected chi connectivity index (χ2v) is 6.54. The molecule has 0 aliphatic heterocycles. The fourth-order valence-corrected chi connectivity index (χ4v) is 1.83. The van der Waals surface area contributed by atoms with Gasteiger partial charge in [-0.1, -0.05) is 42.1 Å². The van der Waals surface area contributed by atoms with E-state index in [2.05, 4.69) is 10.3 Å². The van der Waals surface area contributed by atoms with Crippen molar-refractivity contribution in [3.8, 4) is 0 Å². The van der Waals surface area contributed by atoms with Gasteiger partial charge < -0.3 is 9.47 Å². The first kappa shape index (κ1) is 20.5. The lowest BCUT2D eigenvalue weighted by Gasteiger charge is -2.17. The van der Waals surface area contributed by atoms with Crippen LogP contribution < -0.4 is 10.6 Å². The van der Waals surface area contributed by atoms with Crippen LogP contribution in [0.25, 0.3) is 0 Å². The number of benzene rings is 1. The Labute approximate surface area is 150 Å². The van der Waals surface area contributed by atoms with Gasteiger partial charge in [-0.15, -0.1) is 0 Å². The zero-order valence-electron chi connectivity index (χ0n) is 14.5. The average molecular weight is 367 g/mol. The number of urea groups is 1. The molecule has 0 atom stereocenters. The third-order valence-corrected chi connectivity index (χ3v) is 3.01. The van der Waals surface area contributed by atoms with Crippen molar-refractivity contribution in [3.63, 3.8) is 0 Å². The van der Waals surface area contributed by atoms with Gasteiger partial charge in [0.15, 0.2) is 5.17 Å².